The van der Waals surface area contributed by atoms with E-state index in [2.05, 4.69) is 72.3 Å². The first-order chi connectivity index (χ1) is 18.4. The lowest BCUT2D eigenvalue weighted by Gasteiger charge is -2.27. The van der Waals surface area contributed by atoms with Crippen LogP contribution in [0.4, 0.5) is 9.18 Å². The van der Waals surface area contributed by atoms with Gasteiger partial charge in [0.25, 0.3) is 0 Å². The predicted octanol–water partition coefficient (Wildman–Crippen LogP) is 8.20. The lowest BCUT2D eigenvalue weighted by Crippen LogP contribution is -2.42. The van der Waals surface area contributed by atoms with Gasteiger partial charge in [0.05, 0.1) is 5.03 Å². The molecule has 0 saturated heterocycles. The maximum absolute atomic E-state index is 13.3. The van der Waals surface area contributed by atoms with Crippen molar-refractivity contribution >= 4 is 23.4 Å². The van der Waals surface area contributed by atoms with E-state index < -0.39 is 0 Å². The number of allylic oxidation sites excluding steroid dienone is 2. The minimum atomic E-state index is -0.267. The second kappa shape index (κ2) is 19.3. The van der Waals surface area contributed by atoms with Crippen molar-refractivity contribution in [1.82, 2.24) is 15.5 Å². The lowest BCUT2D eigenvalue weighted by molar-refractivity contribution is 0.200. The van der Waals surface area contributed by atoms with Crippen LogP contribution < -0.4 is 10.6 Å². The van der Waals surface area contributed by atoms with Gasteiger partial charge in [-0.1, -0.05) is 113 Å². The number of thioether (sulfide) groups is 1. The monoisotopic (exact) mass is 579 g/mol. The third-order valence-corrected chi connectivity index (χ3v) is 7.34. The van der Waals surface area contributed by atoms with Crippen LogP contribution in [0.15, 0.2) is 114 Å². The molecule has 7 heteroatoms. The van der Waals surface area contributed by atoms with E-state index in [-0.39, 0.29) is 38.1 Å². The molecule has 2 amide bonds. The summed E-state index contributed by atoms with van der Waals surface area (Å²) in [5.74, 6) is -0.0995. The van der Waals surface area contributed by atoms with E-state index in [9.17, 15) is 9.18 Å². The zero-order chi connectivity index (χ0) is 27.3. The number of rotatable bonds is 13. The summed E-state index contributed by atoms with van der Waals surface area (Å²) < 4.78 is 13.3. The van der Waals surface area contributed by atoms with Crippen molar-refractivity contribution in [1.29, 1.82) is 0 Å². The molecule has 0 bridgehead atoms. The Balaban J connectivity index is 0.00000533. The summed E-state index contributed by atoms with van der Waals surface area (Å²) in [4.78, 5) is 16.1. The highest BCUT2D eigenvalue weighted by atomic mass is 32.2. The summed E-state index contributed by atoms with van der Waals surface area (Å²) in [5.41, 5.74) is 4.38. The van der Waals surface area contributed by atoms with Crippen molar-refractivity contribution in [3.8, 4) is 0 Å². The molecule has 5 nitrogen and oxygen atoms in total. The Hall–Kier alpha value is -3.81. The number of hydrogen-bond donors (Lipinski definition) is 2. The molecular weight excluding hydrogens is 533 g/mol. The van der Waals surface area contributed by atoms with Crippen LogP contribution in [0.25, 0.3) is 5.57 Å². The highest BCUT2D eigenvalue weighted by molar-refractivity contribution is 8.06. The molecule has 0 aromatic heterocycles. The number of amides is 2. The first kappa shape index (κ1) is 37.2. The Morgan fingerprint density at radius 3 is 1.98 bits per heavy atom. The molecule has 3 rings (SSSR count). The second-order valence-corrected chi connectivity index (χ2v) is 10.3. The van der Waals surface area contributed by atoms with Crippen molar-refractivity contribution in [3.63, 3.8) is 0 Å². The van der Waals surface area contributed by atoms with E-state index >= 15 is 0 Å². The van der Waals surface area contributed by atoms with Crippen LogP contribution in [-0.2, 0) is 0 Å². The van der Waals surface area contributed by atoms with Gasteiger partial charge in [-0.25, -0.2) is 9.18 Å². The van der Waals surface area contributed by atoms with Crippen LogP contribution in [0, 0.1) is 5.82 Å². The molecule has 0 unspecified atom stereocenters. The summed E-state index contributed by atoms with van der Waals surface area (Å²) >= 11 is 1.40. The van der Waals surface area contributed by atoms with Gasteiger partial charge in [0.1, 0.15) is 5.82 Å². The van der Waals surface area contributed by atoms with Gasteiger partial charge in [-0.2, -0.15) is 0 Å². The molecular formula is C34H46FN3O2S. The number of carbonyl (C=O) groups excluding carboxylic acids is 1. The van der Waals surface area contributed by atoms with E-state index in [1.807, 2.05) is 30.9 Å². The normalized spacial score (nSPS) is 10.6. The number of carbonyl (C=O) groups is 1. The third-order valence-electron chi connectivity index (χ3n) is 6.38. The Kier molecular flexibility index (Phi) is 17.5. The van der Waals surface area contributed by atoms with Gasteiger partial charge in [-0.05, 0) is 65.8 Å². The molecule has 0 aliphatic heterocycles. The molecule has 0 heterocycles. The number of nitrogens with zero attached hydrogens (tertiary/aromatic N) is 1. The second-order valence-electron chi connectivity index (χ2n) is 8.95. The van der Waals surface area contributed by atoms with Crippen molar-refractivity contribution in [2.45, 2.75) is 41.0 Å². The van der Waals surface area contributed by atoms with Crippen molar-refractivity contribution in [2.24, 2.45) is 0 Å². The molecule has 3 aromatic rings. The molecule has 41 heavy (non-hydrogen) atoms. The summed E-state index contributed by atoms with van der Waals surface area (Å²) in [6, 6.07) is 27.0. The van der Waals surface area contributed by atoms with Crippen LogP contribution >= 0.6 is 11.8 Å². The van der Waals surface area contributed by atoms with E-state index in [0.717, 1.165) is 22.5 Å². The van der Waals surface area contributed by atoms with Crippen molar-refractivity contribution in [2.75, 3.05) is 19.6 Å². The maximum Gasteiger partial charge on any atom is 0.322 e. The Morgan fingerprint density at radius 2 is 1.46 bits per heavy atom. The summed E-state index contributed by atoms with van der Waals surface area (Å²) in [5, 5.41) is 6.59. The highest BCUT2D eigenvalue weighted by Gasteiger charge is 2.19. The van der Waals surface area contributed by atoms with Crippen molar-refractivity contribution < 1.29 is 14.7 Å². The molecule has 0 fully saturated rings. The average molecular weight is 580 g/mol. The van der Waals surface area contributed by atoms with E-state index in [4.69, 9.17) is 0 Å². The van der Waals surface area contributed by atoms with Crippen LogP contribution in [0.5, 0.6) is 0 Å². The number of nitrogens with one attached hydrogen (secondary N) is 2. The molecule has 3 aromatic carbocycles. The molecule has 0 atom stereocenters. The van der Waals surface area contributed by atoms with Gasteiger partial charge in [0.2, 0.25) is 0 Å². The average Bonchev–Trinajstić information content (AvgIpc) is 2.93. The summed E-state index contributed by atoms with van der Waals surface area (Å²) in [6.07, 6.45) is 2.41. The zero-order valence-electron chi connectivity index (χ0n) is 22.6. The minimum Gasteiger partial charge on any atom is -0.412 e. The van der Waals surface area contributed by atoms with Gasteiger partial charge < -0.3 is 21.0 Å². The first-order valence-corrected chi connectivity index (χ1v) is 13.5. The van der Waals surface area contributed by atoms with Gasteiger partial charge in [0, 0.05) is 25.6 Å². The van der Waals surface area contributed by atoms with Crippen LogP contribution in [0.1, 0.15) is 57.7 Å². The largest absolute Gasteiger partial charge is 0.412 e. The molecule has 0 saturated carbocycles. The van der Waals surface area contributed by atoms with Gasteiger partial charge in [-0.3, -0.25) is 0 Å². The topological polar surface area (TPSA) is 75.9 Å². The first-order valence-electron chi connectivity index (χ1n) is 12.7. The number of benzene rings is 3. The number of halogens is 1. The lowest BCUT2D eigenvalue weighted by atomic mass is 9.88. The van der Waals surface area contributed by atoms with Gasteiger partial charge in [-0.15, -0.1) is 0 Å². The van der Waals surface area contributed by atoms with Gasteiger partial charge in [0.15, 0.2) is 0 Å². The Morgan fingerprint density at radius 1 is 0.927 bits per heavy atom. The summed E-state index contributed by atoms with van der Waals surface area (Å²) in [7, 11) is 0. The predicted molar refractivity (Wildman–Crippen MR) is 176 cm³/mol. The van der Waals surface area contributed by atoms with E-state index in [1.54, 1.807) is 18.3 Å². The standard InChI is InChI=1S/C32H36FN3OS.2CH4.H2O/c1-5-34-21-23-36(22-20-31(28-12-8-6-9-13-28)29-14-10-7-11-15-29)32(37)35-26(4)38-25(3)24(2)27-16-18-30(33)19-17-27;;;/h5-19,31,34H,1,4,20-23H2,2-3H3,(H,35,37);2*1H4;1H2/b25-24+;;;. The fourth-order valence-corrected chi connectivity index (χ4v) is 4.97. The van der Waals surface area contributed by atoms with E-state index in [1.165, 1.54) is 35.0 Å². The molecule has 222 valence electrons. The quantitative estimate of drug-likeness (QED) is 0.200. The SMILES string of the molecule is C.C.C=CNCCN(CCC(c1ccccc1)c1ccccc1)C(=O)NC(=C)S/C(C)=C(\C)c1ccc(F)cc1.O. The van der Waals surface area contributed by atoms with Gasteiger partial charge >= 0.3 is 6.03 Å². The van der Waals surface area contributed by atoms with Crippen LogP contribution in [0.3, 0.4) is 0 Å². The van der Waals surface area contributed by atoms with Crippen molar-refractivity contribution in [3.05, 3.63) is 137 Å². The molecule has 0 spiro atoms. The van der Waals surface area contributed by atoms with E-state index in [0.29, 0.717) is 24.7 Å². The zero-order valence-corrected chi connectivity index (χ0v) is 23.4. The Bertz CT molecular complexity index is 1190. The third kappa shape index (κ3) is 11.7. The minimum absolute atomic E-state index is 0. The smallest absolute Gasteiger partial charge is 0.322 e. The summed E-state index contributed by atoms with van der Waals surface area (Å²) in [6.45, 7) is 13.4. The molecule has 0 aliphatic rings. The number of hydrogen-bond acceptors (Lipinski definition) is 3. The number of urea groups is 1. The fourth-order valence-electron chi connectivity index (χ4n) is 4.19. The van der Waals surface area contributed by atoms with Crippen LogP contribution in [-0.4, -0.2) is 36.0 Å². The molecule has 0 radical (unpaired) electrons. The maximum atomic E-state index is 13.3. The Labute approximate surface area is 250 Å². The molecule has 0 aliphatic carbocycles. The molecule has 4 N–H and O–H groups in total. The highest BCUT2D eigenvalue weighted by Crippen LogP contribution is 2.31. The van der Waals surface area contributed by atoms with Crippen LogP contribution in [0.2, 0.25) is 0 Å². The fraction of sp³-hybridized carbons (Fsp3) is 0.265.